The van der Waals surface area contributed by atoms with Gasteiger partial charge in [0, 0.05) is 12.7 Å². The maximum Gasteiger partial charge on any atom is 0.343 e. The second-order valence-corrected chi connectivity index (χ2v) is 6.50. The molecule has 9 heteroatoms. The molecule has 24 heavy (non-hydrogen) atoms. The van der Waals surface area contributed by atoms with Crippen LogP contribution in [0, 0.1) is 0 Å². The highest BCUT2D eigenvalue weighted by Crippen LogP contribution is 2.23. The topological polar surface area (TPSA) is 109 Å². The predicted molar refractivity (Wildman–Crippen MR) is 83.4 cm³/mol. The van der Waals surface area contributed by atoms with E-state index in [1.54, 1.807) is 0 Å². The lowest BCUT2D eigenvalue weighted by atomic mass is 10.0. The van der Waals surface area contributed by atoms with Crippen molar-refractivity contribution in [3.8, 4) is 0 Å². The Bertz CT molecular complexity index is 848. The third-order valence-electron chi connectivity index (χ3n) is 5.07. The molecule has 0 aromatic carbocycles. The van der Waals surface area contributed by atoms with Gasteiger partial charge in [-0.2, -0.15) is 5.10 Å². The summed E-state index contributed by atoms with van der Waals surface area (Å²) < 4.78 is 3.50. The van der Waals surface area contributed by atoms with Crippen molar-refractivity contribution in [3.05, 3.63) is 33.5 Å². The molecule has 3 heterocycles. The summed E-state index contributed by atoms with van der Waals surface area (Å²) in [5.41, 5.74) is 2.04. The number of aromatic nitrogens is 5. The highest BCUT2D eigenvalue weighted by molar-refractivity contribution is 5.73. The van der Waals surface area contributed by atoms with E-state index in [4.69, 9.17) is 4.98 Å². The third kappa shape index (κ3) is 2.35. The van der Waals surface area contributed by atoms with Gasteiger partial charge in [-0.05, 0) is 25.7 Å². The maximum absolute atomic E-state index is 11.7. The van der Waals surface area contributed by atoms with E-state index in [9.17, 15) is 14.7 Å². The number of rotatable bonds is 3. The summed E-state index contributed by atoms with van der Waals surface area (Å²) in [6.07, 6.45) is 4.35. The number of aromatic amines is 1. The number of nitrogens with zero attached hydrogens (tertiary/aromatic N) is 5. The number of nitrogens with one attached hydrogen (secondary N) is 1. The Balaban J connectivity index is 1.64. The van der Waals surface area contributed by atoms with E-state index in [1.807, 2.05) is 11.9 Å². The Morgan fingerprint density at radius 2 is 2.17 bits per heavy atom. The van der Waals surface area contributed by atoms with Crippen LogP contribution in [-0.2, 0) is 44.3 Å². The van der Waals surface area contributed by atoms with Crippen LogP contribution in [0.5, 0.6) is 0 Å². The molecular weight excluding hydrogens is 312 g/mol. The van der Waals surface area contributed by atoms with Crippen LogP contribution in [0.25, 0.3) is 0 Å². The molecule has 1 atom stereocenters. The van der Waals surface area contributed by atoms with Gasteiger partial charge in [0.15, 0.2) is 0 Å². The number of hydrogen-bond donors (Lipinski definition) is 2. The van der Waals surface area contributed by atoms with E-state index in [1.165, 1.54) is 16.7 Å². The standard InChI is InChI=1S/C15H20N6O3/c1-19-10-5-3-2-4-9(10)16-12(19)7-20-8-13-17-18-15(24)21(13)6-11(20)14(22)23/h11H,2-8H2,1H3,(H,18,24)(H,22,23). The number of H-pyrrole nitrogens is 1. The summed E-state index contributed by atoms with van der Waals surface area (Å²) in [5, 5.41) is 15.9. The molecule has 0 saturated heterocycles. The smallest absolute Gasteiger partial charge is 0.343 e. The molecular formula is C15H20N6O3. The Morgan fingerprint density at radius 1 is 1.38 bits per heavy atom. The maximum atomic E-state index is 11.7. The SMILES string of the molecule is Cn1c(CN2Cc3n[nH]c(=O)n3CC2C(=O)O)nc2c1CCCC2. The summed E-state index contributed by atoms with van der Waals surface area (Å²) in [7, 11) is 2.00. The van der Waals surface area contributed by atoms with Crippen LogP contribution in [0.4, 0.5) is 0 Å². The van der Waals surface area contributed by atoms with Crippen molar-refractivity contribution in [3.63, 3.8) is 0 Å². The molecule has 9 nitrogen and oxygen atoms in total. The molecule has 0 radical (unpaired) electrons. The Morgan fingerprint density at radius 3 is 2.92 bits per heavy atom. The van der Waals surface area contributed by atoms with Crippen molar-refractivity contribution in [2.45, 2.75) is 51.4 Å². The average molecular weight is 332 g/mol. The van der Waals surface area contributed by atoms with E-state index in [2.05, 4.69) is 14.8 Å². The first kappa shape index (κ1) is 15.1. The molecule has 0 bridgehead atoms. The van der Waals surface area contributed by atoms with Gasteiger partial charge in [-0.1, -0.05) is 0 Å². The first-order chi connectivity index (χ1) is 11.5. The van der Waals surface area contributed by atoms with Crippen LogP contribution in [0.1, 0.15) is 35.9 Å². The molecule has 0 fully saturated rings. The zero-order valence-corrected chi connectivity index (χ0v) is 13.5. The van der Waals surface area contributed by atoms with E-state index in [0.29, 0.717) is 18.9 Å². The molecule has 1 unspecified atom stereocenters. The normalized spacial score (nSPS) is 20.6. The van der Waals surface area contributed by atoms with Gasteiger partial charge in [0.05, 0.1) is 25.3 Å². The number of carboxylic acids is 1. The molecule has 1 aliphatic carbocycles. The van der Waals surface area contributed by atoms with Gasteiger partial charge in [0.1, 0.15) is 17.7 Å². The van der Waals surface area contributed by atoms with Crippen LogP contribution in [0.15, 0.2) is 4.79 Å². The Hall–Kier alpha value is -2.42. The van der Waals surface area contributed by atoms with Crippen molar-refractivity contribution in [1.29, 1.82) is 0 Å². The third-order valence-corrected chi connectivity index (χ3v) is 5.07. The lowest BCUT2D eigenvalue weighted by Gasteiger charge is -2.32. The molecule has 2 aromatic heterocycles. The fourth-order valence-corrected chi connectivity index (χ4v) is 3.70. The highest BCUT2D eigenvalue weighted by atomic mass is 16.4. The molecule has 2 N–H and O–H groups in total. The molecule has 0 saturated carbocycles. The molecule has 4 rings (SSSR count). The lowest BCUT2D eigenvalue weighted by molar-refractivity contribution is -0.145. The van der Waals surface area contributed by atoms with Crippen molar-refractivity contribution < 1.29 is 9.90 Å². The van der Waals surface area contributed by atoms with Crippen molar-refractivity contribution in [1.82, 2.24) is 29.2 Å². The summed E-state index contributed by atoms with van der Waals surface area (Å²) in [5.74, 6) is 0.503. The molecule has 1 aliphatic heterocycles. The molecule has 128 valence electrons. The minimum Gasteiger partial charge on any atom is -0.480 e. The monoisotopic (exact) mass is 332 g/mol. The fraction of sp³-hybridized carbons (Fsp3) is 0.600. The van der Waals surface area contributed by atoms with Crippen LogP contribution < -0.4 is 5.69 Å². The van der Waals surface area contributed by atoms with Crippen LogP contribution in [0.3, 0.4) is 0 Å². The highest BCUT2D eigenvalue weighted by Gasteiger charge is 2.34. The second kappa shape index (κ2) is 5.59. The number of imidazole rings is 1. The van der Waals surface area contributed by atoms with E-state index < -0.39 is 12.0 Å². The minimum atomic E-state index is -0.937. The second-order valence-electron chi connectivity index (χ2n) is 6.50. The average Bonchev–Trinajstić information content (AvgIpc) is 3.08. The predicted octanol–water partition coefficient (Wildman–Crippen LogP) is -0.347. The van der Waals surface area contributed by atoms with E-state index >= 15 is 0 Å². The lowest BCUT2D eigenvalue weighted by Crippen LogP contribution is -2.49. The van der Waals surface area contributed by atoms with Gasteiger partial charge in [-0.25, -0.2) is 14.9 Å². The van der Waals surface area contributed by atoms with E-state index in [0.717, 1.165) is 30.8 Å². The molecule has 0 spiro atoms. The minimum absolute atomic E-state index is 0.101. The summed E-state index contributed by atoms with van der Waals surface area (Å²) >= 11 is 0. The summed E-state index contributed by atoms with van der Waals surface area (Å²) in [6, 6.07) is -0.762. The van der Waals surface area contributed by atoms with Crippen molar-refractivity contribution in [2.75, 3.05) is 0 Å². The van der Waals surface area contributed by atoms with Gasteiger partial charge in [-0.3, -0.25) is 14.3 Å². The number of fused-ring (bicyclic) bond motifs is 2. The van der Waals surface area contributed by atoms with Gasteiger partial charge < -0.3 is 9.67 Å². The van der Waals surface area contributed by atoms with Gasteiger partial charge >= 0.3 is 11.7 Å². The first-order valence-corrected chi connectivity index (χ1v) is 8.19. The quantitative estimate of drug-likeness (QED) is 0.795. The molecule has 0 amide bonds. The van der Waals surface area contributed by atoms with Gasteiger partial charge in [0.2, 0.25) is 0 Å². The number of aliphatic carboxylic acids is 1. The van der Waals surface area contributed by atoms with Crippen LogP contribution in [-0.4, -0.2) is 46.3 Å². The Labute approximate surface area is 137 Å². The van der Waals surface area contributed by atoms with E-state index in [-0.39, 0.29) is 12.2 Å². The zero-order chi connectivity index (χ0) is 16.8. The van der Waals surface area contributed by atoms with Crippen LogP contribution in [0.2, 0.25) is 0 Å². The zero-order valence-electron chi connectivity index (χ0n) is 13.5. The van der Waals surface area contributed by atoms with Gasteiger partial charge in [-0.15, -0.1) is 0 Å². The van der Waals surface area contributed by atoms with Crippen molar-refractivity contribution >= 4 is 5.97 Å². The molecule has 2 aromatic rings. The summed E-state index contributed by atoms with van der Waals surface area (Å²) in [6.45, 7) is 0.846. The molecule has 2 aliphatic rings. The Kier molecular flexibility index (Phi) is 3.52. The first-order valence-electron chi connectivity index (χ1n) is 8.19. The van der Waals surface area contributed by atoms with Crippen molar-refractivity contribution in [2.24, 2.45) is 7.05 Å². The fourth-order valence-electron chi connectivity index (χ4n) is 3.70. The number of hydrogen-bond acceptors (Lipinski definition) is 5. The van der Waals surface area contributed by atoms with Gasteiger partial charge in [0.25, 0.3) is 0 Å². The number of aryl methyl sites for hydroxylation is 1. The summed E-state index contributed by atoms with van der Waals surface area (Å²) in [4.78, 5) is 29.9. The number of carbonyl (C=O) groups is 1. The van der Waals surface area contributed by atoms with Crippen LogP contribution >= 0.6 is 0 Å². The number of carboxylic acid groups (broad SMARTS) is 1. The largest absolute Gasteiger partial charge is 0.480 e.